The van der Waals surface area contributed by atoms with Gasteiger partial charge in [-0.05, 0) is 19.1 Å². The average molecular weight is 316 g/mol. The second-order valence-electron chi connectivity index (χ2n) is 5.84. The van der Waals surface area contributed by atoms with Gasteiger partial charge in [0, 0.05) is 37.4 Å². The minimum atomic E-state index is 0.637. The molecule has 0 atom stereocenters. The average Bonchev–Trinajstić information content (AvgIpc) is 2.63. The van der Waals surface area contributed by atoms with Gasteiger partial charge in [0.2, 0.25) is 5.69 Å². The minimum Gasteiger partial charge on any atom is -0.363 e. The molecule has 24 heavy (non-hydrogen) atoms. The highest BCUT2D eigenvalue weighted by Crippen LogP contribution is 2.27. The Morgan fingerprint density at radius 3 is 2.54 bits per heavy atom. The fraction of sp³-hybridized carbons (Fsp3) is 0.300. The Balaban J connectivity index is 1.58. The highest BCUT2D eigenvalue weighted by molar-refractivity contribution is 5.67. The van der Waals surface area contributed by atoms with Crippen LogP contribution in [0.5, 0.6) is 0 Å². The molecule has 0 saturated carbocycles. The Bertz CT molecular complexity index is 788. The zero-order valence-corrected chi connectivity index (χ0v) is 13.9. The molecule has 0 aliphatic carbocycles. The van der Waals surface area contributed by atoms with Crippen molar-refractivity contribution in [2.45, 2.75) is 6.92 Å². The fourth-order valence-corrected chi connectivity index (χ4v) is 2.75. The molecule has 0 unspecified atom stereocenters. The van der Waals surface area contributed by atoms with E-state index in [4.69, 9.17) is 6.57 Å². The summed E-state index contributed by atoms with van der Waals surface area (Å²) in [5.74, 6) is 7.27. The molecule has 2 heterocycles. The zero-order chi connectivity index (χ0) is 16.8. The largest absolute Gasteiger partial charge is 0.363 e. The molecular formula is C20H20N4. The number of hydrogen-bond acceptors (Lipinski definition) is 3. The standard InChI is InChI=1S/C20H20N4/c1-17-10-11-19(21-2)20(22-17)24-15-13-23(14-16-24)12-6-9-18-7-4-3-5-8-18/h3-5,7-8,10-11H,12-16H2,1H3. The predicted octanol–water partition coefficient (Wildman–Crippen LogP) is 3.11. The van der Waals surface area contributed by atoms with Crippen molar-refractivity contribution in [3.8, 4) is 11.8 Å². The molecule has 1 fully saturated rings. The number of piperazine rings is 1. The van der Waals surface area contributed by atoms with Crippen molar-refractivity contribution in [2.75, 3.05) is 37.6 Å². The number of pyridine rings is 1. The summed E-state index contributed by atoms with van der Waals surface area (Å²) in [5.41, 5.74) is 2.65. The molecule has 1 aliphatic heterocycles. The van der Waals surface area contributed by atoms with Crippen molar-refractivity contribution in [3.05, 3.63) is 65.1 Å². The monoisotopic (exact) mass is 316 g/mol. The highest BCUT2D eigenvalue weighted by Gasteiger charge is 2.19. The molecule has 120 valence electrons. The summed E-state index contributed by atoms with van der Waals surface area (Å²) in [4.78, 5) is 12.7. The minimum absolute atomic E-state index is 0.637. The lowest BCUT2D eigenvalue weighted by Gasteiger charge is -2.35. The topological polar surface area (TPSA) is 23.7 Å². The molecule has 0 radical (unpaired) electrons. The van der Waals surface area contributed by atoms with Gasteiger partial charge >= 0.3 is 0 Å². The Hall–Kier alpha value is -2.82. The number of aromatic nitrogens is 1. The van der Waals surface area contributed by atoms with Crippen LogP contribution in [0.2, 0.25) is 0 Å². The summed E-state index contributed by atoms with van der Waals surface area (Å²) in [6, 6.07) is 13.8. The summed E-state index contributed by atoms with van der Waals surface area (Å²) >= 11 is 0. The van der Waals surface area contributed by atoms with Gasteiger partial charge in [-0.1, -0.05) is 42.2 Å². The normalized spacial score (nSPS) is 14.6. The van der Waals surface area contributed by atoms with Crippen molar-refractivity contribution >= 4 is 11.5 Å². The summed E-state index contributed by atoms with van der Waals surface area (Å²) < 4.78 is 0. The van der Waals surface area contributed by atoms with E-state index in [2.05, 4.69) is 31.5 Å². The lowest BCUT2D eigenvalue weighted by atomic mass is 10.2. The van der Waals surface area contributed by atoms with Crippen LogP contribution in [-0.4, -0.2) is 42.6 Å². The van der Waals surface area contributed by atoms with Crippen molar-refractivity contribution < 1.29 is 0 Å². The number of hydrogen-bond donors (Lipinski definition) is 0. The van der Waals surface area contributed by atoms with Crippen molar-refractivity contribution in [3.63, 3.8) is 0 Å². The van der Waals surface area contributed by atoms with E-state index >= 15 is 0 Å². The third-order valence-corrected chi connectivity index (χ3v) is 4.10. The van der Waals surface area contributed by atoms with E-state index in [1.807, 2.05) is 49.4 Å². The Kier molecular flexibility index (Phi) is 5.11. The lowest BCUT2D eigenvalue weighted by Crippen LogP contribution is -2.46. The Morgan fingerprint density at radius 2 is 1.83 bits per heavy atom. The molecule has 0 N–H and O–H groups in total. The maximum absolute atomic E-state index is 7.32. The van der Waals surface area contributed by atoms with Gasteiger partial charge in [-0.2, -0.15) is 0 Å². The summed E-state index contributed by atoms with van der Waals surface area (Å²) in [7, 11) is 0. The number of aryl methyl sites for hydroxylation is 1. The van der Waals surface area contributed by atoms with Crippen molar-refractivity contribution in [2.24, 2.45) is 0 Å². The molecule has 2 aromatic rings. The number of rotatable bonds is 2. The number of anilines is 1. The lowest BCUT2D eigenvalue weighted by molar-refractivity contribution is 0.287. The molecule has 1 aromatic carbocycles. The van der Waals surface area contributed by atoms with E-state index in [0.717, 1.165) is 49.8 Å². The molecule has 1 aromatic heterocycles. The second kappa shape index (κ2) is 7.64. The van der Waals surface area contributed by atoms with Crippen LogP contribution in [0.15, 0.2) is 42.5 Å². The third kappa shape index (κ3) is 3.93. The maximum atomic E-state index is 7.32. The summed E-state index contributed by atoms with van der Waals surface area (Å²) in [6.07, 6.45) is 0. The van der Waals surface area contributed by atoms with Gasteiger partial charge in [0.1, 0.15) is 5.82 Å². The molecule has 1 aliphatic rings. The van der Waals surface area contributed by atoms with Crippen LogP contribution in [0, 0.1) is 25.3 Å². The van der Waals surface area contributed by atoms with Gasteiger partial charge < -0.3 is 4.90 Å². The Labute approximate surface area is 143 Å². The molecule has 0 amide bonds. The van der Waals surface area contributed by atoms with E-state index < -0.39 is 0 Å². The van der Waals surface area contributed by atoms with Crippen molar-refractivity contribution in [1.82, 2.24) is 9.88 Å². The smallest absolute Gasteiger partial charge is 0.228 e. The van der Waals surface area contributed by atoms with Crippen LogP contribution < -0.4 is 4.90 Å². The van der Waals surface area contributed by atoms with Crippen molar-refractivity contribution in [1.29, 1.82) is 0 Å². The van der Waals surface area contributed by atoms with Crippen LogP contribution in [0.3, 0.4) is 0 Å². The number of benzene rings is 1. The molecule has 3 rings (SSSR count). The quantitative estimate of drug-likeness (QED) is 0.628. The van der Waals surface area contributed by atoms with Gasteiger partial charge in [-0.25, -0.2) is 9.83 Å². The van der Waals surface area contributed by atoms with Gasteiger partial charge in [0.15, 0.2) is 0 Å². The van der Waals surface area contributed by atoms with E-state index in [0.29, 0.717) is 5.69 Å². The number of nitrogens with zero attached hydrogens (tertiary/aromatic N) is 4. The fourth-order valence-electron chi connectivity index (χ4n) is 2.75. The molecule has 4 heteroatoms. The molecule has 4 nitrogen and oxygen atoms in total. The maximum Gasteiger partial charge on any atom is 0.228 e. The molecule has 0 bridgehead atoms. The van der Waals surface area contributed by atoms with Gasteiger partial charge in [-0.3, -0.25) is 4.90 Å². The highest BCUT2D eigenvalue weighted by atomic mass is 15.3. The van der Waals surface area contributed by atoms with Gasteiger partial charge in [-0.15, -0.1) is 0 Å². The van der Waals surface area contributed by atoms with E-state index in [1.54, 1.807) is 0 Å². The third-order valence-electron chi connectivity index (χ3n) is 4.10. The summed E-state index contributed by atoms with van der Waals surface area (Å²) in [5, 5.41) is 0. The Morgan fingerprint density at radius 1 is 1.08 bits per heavy atom. The first-order valence-electron chi connectivity index (χ1n) is 8.12. The predicted molar refractivity (Wildman–Crippen MR) is 97.2 cm³/mol. The van der Waals surface area contributed by atoms with E-state index in [1.165, 1.54) is 0 Å². The molecule has 0 spiro atoms. The van der Waals surface area contributed by atoms with Crippen LogP contribution in [0.25, 0.3) is 4.85 Å². The van der Waals surface area contributed by atoms with E-state index in [9.17, 15) is 0 Å². The molecule has 1 saturated heterocycles. The van der Waals surface area contributed by atoms with Crippen LogP contribution in [0.4, 0.5) is 11.5 Å². The van der Waals surface area contributed by atoms with Gasteiger partial charge in [0.05, 0.1) is 13.1 Å². The van der Waals surface area contributed by atoms with Gasteiger partial charge in [0.25, 0.3) is 0 Å². The van der Waals surface area contributed by atoms with Crippen LogP contribution in [0.1, 0.15) is 11.3 Å². The van der Waals surface area contributed by atoms with E-state index in [-0.39, 0.29) is 0 Å². The SMILES string of the molecule is [C-]#[N+]c1ccc(C)nc1N1CCN(CC#Cc2ccccc2)CC1. The molecular weight excluding hydrogens is 296 g/mol. The van der Waals surface area contributed by atoms with Crippen LogP contribution in [-0.2, 0) is 0 Å². The first kappa shape index (κ1) is 16.1. The summed E-state index contributed by atoms with van der Waals surface area (Å²) in [6.45, 7) is 13.7. The second-order valence-corrected chi connectivity index (χ2v) is 5.84. The van der Waals surface area contributed by atoms with Crippen LogP contribution >= 0.6 is 0 Å². The first-order chi connectivity index (χ1) is 11.8. The zero-order valence-electron chi connectivity index (χ0n) is 13.9. The first-order valence-corrected chi connectivity index (χ1v) is 8.12.